The summed E-state index contributed by atoms with van der Waals surface area (Å²) < 4.78 is 1.96. The molecule has 5 nitrogen and oxygen atoms in total. The summed E-state index contributed by atoms with van der Waals surface area (Å²) in [5.41, 5.74) is 4.06. The molecule has 0 spiro atoms. The number of amides is 1. The molecule has 0 radical (unpaired) electrons. The molecule has 1 aromatic carbocycles. The minimum atomic E-state index is -0.258. The molecule has 0 bridgehead atoms. The van der Waals surface area contributed by atoms with E-state index < -0.39 is 0 Å². The van der Waals surface area contributed by atoms with Crippen molar-refractivity contribution in [2.24, 2.45) is 0 Å². The fraction of sp³-hybridized carbons (Fsp3) is 0.444. The Morgan fingerprint density at radius 1 is 1.22 bits per heavy atom. The smallest absolute Gasteiger partial charge is 0.257 e. The number of nitrogens with zero attached hydrogens (tertiary/aromatic N) is 3. The summed E-state index contributed by atoms with van der Waals surface area (Å²) in [5, 5.41) is 14.3. The quantitative estimate of drug-likeness (QED) is 0.922. The highest BCUT2D eigenvalue weighted by Gasteiger charge is 2.33. The predicted octanol–water partition coefficient (Wildman–Crippen LogP) is 1.95. The lowest BCUT2D eigenvalue weighted by Gasteiger charge is -2.36. The molecule has 2 aliphatic rings. The number of hydrogen-bond donors (Lipinski definition) is 1. The lowest BCUT2D eigenvalue weighted by atomic mass is 9.92. The van der Waals surface area contributed by atoms with Crippen LogP contribution in [0.5, 0.6) is 0 Å². The maximum atomic E-state index is 13.1. The van der Waals surface area contributed by atoms with E-state index in [-0.39, 0.29) is 18.6 Å². The minimum absolute atomic E-state index is 0.00158. The zero-order valence-corrected chi connectivity index (χ0v) is 13.1. The standard InChI is InChI=1S/C18H21N3O2/c22-12-17-14-6-2-1-5-13(14)8-10-20(17)18(23)15-11-19-21-9-4-3-7-16(15)21/h1-2,5-6,11,17,22H,3-4,7-10,12H2/t17-/m1/s1. The second-order valence-electron chi connectivity index (χ2n) is 6.33. The van der Waals surface area contributed by atoms with E-state index in [1.165, 1.54) is 5.56 Å². The van der Waals surface area contributed by atoms with Crippen molar-refractivity contribution in [3.8, 4) is 0 Å². The molecule has 2 aliphatic heterocycles. The first kappa shape index (κ1) is 14.5. The van der Waals surface area contributed by atoms with E-state index in [1.54, 1.807) is 6.20 Å². The van der Waals surface area contributed by atoms with Crippen LogP contribution in [0.2, 0.25) is 0 Å². The van der Waals surface area contributed by atoms with Crippen molar-refractivity contribution in [3.05, 3.63) is 52.8 Å². The van der Waals surface area contributed by atoms with Crippen molar-refractivity contribution in [2.45, 2.75) is 38.3 Å². The van der Waals surface area contributed by atoms with Crippen LogP contribution in [-0.2, 0) is 19.4 Å². The van der Waals surface area contributed by atoms with E-state index in [4.69, 9.17) is 0 Å². The topological polar surface area (TPSA) is 58.4 Å². The fourth-order valence-electron chi connectivity index (χ4n) is 3.85. The third kappa shape index (κ3) is 2.36. The van der Waals surface area contributed by atoms with Crippen molar-refractivity contribution in [3.63, 3.8) is 0 Å². The summed E-state index contributed by atoms with van der Waals surface area (Å²) in [4.78, 5) is 14.9. The molecule has 3 heterocycles. The van der Waals surface area contributed by atoms with Gasteiger partial charge in [-0.1, -0.05) is 24.3 Å². The average molecular weight is 311 g/mol. The van der Waals surface area contributed by atoms with Crippen molar-refractivity contribution in [2.75, 3.05) is 13.2 Å². The number of aryl methyl sites for hydroxylation is 1. The first-order valence-electron chi connectivity index (χ1n) is 8.34. The molecule has 0 saturated heterocycles. The maximum absolute atomic E-state index is 13.1. The molecule has 0 aliphatic carbocycles. The Balaban J connectivity index is 1.68. The van der Waals surface area contributed by atoms with E-state index >= 15 is 0 Å². The Kier molecular flexibility index (Phi) is 3.65. The molecule has 2 aromatic rings. The van der Waals surface area contributed by atoms with Gasteiger partial charge in [0.25, 0.3) is 5.91 Å². The Labute approximate surface area is 135 Å². The number of hydrogen-bond acceptors (Lipinski definition) is 3. The zero-order valence-electron chi connectivity index (χ0n) is 13.1. The van der Waals surface area contributed by atoms with Crippen LogP contribution in [-0.4, -0.2) is 38.8 Å². The number of aliphatic hydroxyl groups excluding tert-OH is 1. The summed E-state index contributed by atoms with van der Waals surface area (Å²) in [7, 11) is 0. The number of aliphatic hydroxyl groups is 1. The highest BCUT2D eigenvalue weighted by Crippen LogP contribution is 2.31. The molecule has 1 amide bonds. The molecule has 1 N–H and O–H groups in total. The largest absolute Gasteiger partial charge is 0.394 e. The van der Waals surface area contributed by atoms with E-state index in [1.807, 2.05) is 27.8 Å². The van der Waals surface area contributed by atoms with E-state index in [0.717, 1.165) is 43.5 Å². The molecule has 5 heteroatoms. The summed E-state index contributed by atoms with van der Waals surface area (Å²) in [5.74, 6) is 0.00158. The van der Waals surface area contributed by atoms with Gasteiger partial charge < -0.3 is 10.0 Å². The van der Waals surface area contributed by atoms with Crippen LogP contribution in [0.4, 0.5) is 0 Å². The molecular formula is C18H21N3O2. The molecule has 120 valence electrons. The van der Waals surface area contributed by atoms with Gasteiger partial charge in [-0.15, -0.1) is 0 Å². The zero-order chi connectivity index (χ0) is 15.8. The predicted molar refractivity (Wildman–Crippen MR) is 86.2 cm³/mol. The second kappa shape index (κ2) is 5.81. The van der Waals surface area contributed by atoms with Crippen LogP contribution >= 0.6 is 0 Å². The molecule has 23 heavy (non-hydrogen) atoms. The molecule has 0 fully saturated rings. The van der Waals surface area contributed by atoms with E-state index in [0.29, 0.717) is 12.1 Å². The summed E-state index contributed by atoms with van der Waals surface area (Å²) in [6.45, 7) is 1.49. The number of carbonyl (C=O) groups is 1. The van der Waals surface area contributed by atoms with E-state index in [9.17, 15) is 9.90 Å². The molecule has 0 unspecified atom stereocenters. The summed E-state index contributed by atoms with van der Waals surface area (Å²) in [6, 6.07) is 7.83. The Hall–Kier alpha value is -2.14. The second-order valence-corrected chi connectivity index (χ2v) is 6.33. The highest BCUT2D eigenvalue weighted by atomic mass is 16.3. The monoisotopic (exact) mass is 311 g/mol. The van der Waals surface area contributed by atoms with Crippen molar-refractivity contribution in [1.82, 2.24) is 14.7 Å². The Bertz CT molecular complexity index is 738. The SMILES string of the molecule is O=C(c1cnn2c1CCCC2)N1CCc2ccccc2[C@H]1CO. The van der Waals surface area contributed by atoms with Gasteiger partial charge in [-0.2, -0.15) is 5.10 Å². The molecule has 0 saturated carbocycles. The van der Waals surface area contributed by atoms with Gasteiger partial charge in [-0.05, 0) is 36.8 Å². The first-order chi connectivity index (χ1) is 11.3. The van der Waals surface area contributed by atoms with Gasteiger partial charge in [-0.25, -0.2) is 0 Å². The van der Waals surface area contributed by atoms with Crippen LogP contribution in [0.1, 0.15) is 46.1 Å². The summed E-state index contributed by atoms with van der Waals surface area (Å²) in [6.07, 6.45) is 5.69. The Morgan fingerprint density at radius 3 is 2.96 bits per heavy atom. The average Bonchev–Trinajstić information content (AvgIpc) is 3.04. The lowest BCUT2D eigenvalue weighted by molar-refractivity contribution is 0.0567. The van der Waals surface area contributed by atoms with Gasteiger partial charge in [0.2, 0.25) is 0 Å². The van der Waals surface area contributed by atoms with Crippen molar-refractivity contribution >= 4 is 5.91 Å². The molecule has 1 aromatic heterocycles. The molecule has 1 atom stereocenters. The lowest BCUT2D eigenvalue weighted by Crippen LogP contribution is -2.42. The van der Waals surface area contributed by atoms with Crippen LogP contribution in [0.15, 0.2) is 30.5 Å². The maximum Gasteiger partial charge on any atom is 0.257 e. The van der Waals surface area contributed by atoms with Gasteiger partial charge in [0, 0.05) is 13.1 Å². The number of benzene rings is 1. The minimum Gasteiger partial charge on any atom is -0.394 e. The van der Waals surface area contributed by atoms with Crippen LogP contribution in [0, 0.1) is 0 Å². The van der Waals surface area contributed by atoms with Gasteiger partial charge in [-0.3, -0.25) is 9.48 Å². The summed E-state index contributed by atoms with van der Waals surface area (Å²) >= 11 is 0. The number of carbonyl (C=O) groups excluding carboxylic acids is 1. The van der Waals surface area contributed by atoms with Crippen LogP contribution < -0.4 is 0 Å². The van der Waals surface area contributed by atoms with Gasteiger partial charge in [0.1, 0.15) is 0 Å². The first-order valence-corrected chi connectivity index (χ1v) is 8.34. The van der Waals surface area contributed by atoms with Crippen LogP contribution in [0.3, 0.4) is 0 Å². The van der Waals surface area contributed by atoms with Crippen molar-refractivity contribution < 1.29 is 9.90 Å². The van der Waals surface area contributed by atoms with Crippen LogP contribution in [0.25, 0.3) is 0 Å². The van der Waals surface area contributed by atoms with Crippen molar-refractivity contribution in [1.29, 1.82) is 0 Å². The van der Waals surface area contributed by atoms with Gasteiger partial charge in [0.05, 0.1) is 30.1 Å². The van der Waals surface area contributed by atoms with E-state index in [2.05, 4.69) is 11.2 Å². The fourth-order valence-corrected chi connectivity index (χ4v) is 3.85. The number of rotatable bonds is 2. The third-order valence-corrected chi connectivity index (χ3v) is 5.06. The Morgan fingerprint density at radius 2 is 2.09 bits per heavy atom. The third-order valence-electron chi connectivity index (χ3n) is 5.06. The number of aromatic nitrogens is 2. The normalized spacial score (nSPS) is 20.0. The van der Waals surface area contributed by atoms with Gasteiger partial charge in [0.15, 0.2) is 0 Å². The number of fused-ring (bicyclic) bond motifs is 2. The van der Waals surface area contributed by atoms with Gasteiger partial charge >= 0.3 is 0 Å². The molecular weight excluding hydrogens is 290 g/mol. The highest BCUT2D eigenvalue weighted by molar-refractivity contribution is 5.95. The molecule has 4 rings (SSSR count).